The Hall–Kier alpha value is -3.97. The topological polar surface area (TPSA) is 102 Å². The first-order chi connectivity index (χ1) is 16.5. The zero-order chi connectivity index (χ0) is 24.1. The maximum Gasteiger partial charge on any atom is 0.194 e. The fourth-order valence-electron chi connectivity index (χ4n) is 3.62. The first-order valence-corrected chi connectivity index (χ1v) is 11.2. The molecule has 7 nitrogen and oxygen atoms in total. The fourth-order valence-corrected chi connectivity index (χ4v) is 3.62. The lowest BCUT2D eigenvalue weighted by Crippen LogP contribution is -2.26. The number of anilines is 1. The summed E-state index contributed by atoms with van der Waals surface area (Å²) in [4.78, 5) is 33.9. The van der Waals surface area contributed by atoms with Gasteiger partial charge in [-0.1, -0.05) is 36.9 Å². The van der Waals surface area contributed by atoms with Crippen LogP contribution in [0.25, 0.3) is 11.3 Å². The molecule has 0 spiro atoms. The minimum absolute atomic E-state index is 0.0846. The molecule has 0 bridgehead atoms. The van der Waals surface area contributed by atoms with E-state index in [-0.39, 0.29) is 23.8 Å². The Morgan fingerprint density at radius 1 is 1.18 bits per heavy atom. The van der Waals surface area contributed by atoms with Crippen molar-refractivity contribution in [2.45, 2.75) is 26.2 Å². The summed E-state index contributed by atoms with van der Waals surface area (Å²) in [7, 11) is 0. The first-order valence-electron chi connectivity index (χ1n) is 11.2. The van der Waals surface area contributed by atoms with Crippen molar-refractivity contribution in [1.82, 2.24) is 9.97 Å². The number of hydrogen-bond acceptors (Lipinski definition) is 7. The van der Waals surface area contributed by atoms with Crippen molar-refractivity contribution >= 4 is 23.5 Å². The number of aromatic nitrogens is 2. The van der Waals surface area contributed by atoms with E-state index in [4.69, 9.17) is 5.73 Å². The van der Waals surface area contributed by atoms with Gasteiger partial charge in [-0.2, -0.15) is 5.10 Å². The van der Waals surface area contributed by atoms with E-state index in [1.54, 1.807) is 41.8 Å². The lowest BCUT2D eigenvalue weighted by Gasteiger charge is -2.20. The average molecular weight is 454 g/mol. The van der Waals surface area contributed by atoms with Crippen LogP contribution in [0.2, 0.25) is 0 Å². The van der Waals surface area contributed by atoms with Crippen LogP contribution in [-0.4, -0.2) is 34.4 Å². The van der Waals surface area contributed by atoms with Crippen LogP contribution in [0.3, 0.4) is 0 Å². The number of Topliss-reactive ketones (excluding diaryl/α,β-unsaturated/α-hetero) is 2. The van der Waals surface area contributed by atoms with Crippen molar-refractivity contribution in [3.63, 3.8) is 0 Å². The number of aryl methyl sites for hydroxylation is 1. The molecule has 0 saturated heterocycles. The van der Waals surface area contributed by atoms with E-state index in [2.05, 4.69) is 21.6 Å². The second-order valence-corrected chi connectivity index (χ2v) is 8.42. The second-order valence-electron chi connectivity index (χ2n) is 8.42. The van der Waals surface area contributed by atoms with Gasteiger partial charge in [-0.05, 0) is 43.4 Å². The number of hydrogen-bond donors (Lipinski definition) is 1. The molecule has 0 amide bonds. The number of rotatable bonds is 10. The number of nitrogens with two attached hydrogens (primary N) is 1. The molecule has 1 aliphatic rings. The van der Waals surface area contributed by atoms with Gasteiger partial charge in [-0.15, -0.1) is 0 Å². The van der Waals surface area contributed by atoms with E-state index >= 15 is 0 Å². The van der Waals surface area contributed by atoms with Crippen LogP contribution in [0.15, 0.2) is 78.3 Å². The highest BCUT2D eigenvalue weighted by Crippen LogP contribution is 2.34. The smallest absolute Gasteiger partial charge is 0.194 e. The number of carbonyl (C=O) groups excluding carboxylic acids is 2. The second kappa shape index (κ2) is 10.3. The summed E-state index contributed by atoms with van der Waals surface area (Å²) in [6.07, 6.45) is 9.08. The predicted molar refractivity (Wildman–Crippen MR) is 134 cm³/mol. The highest BCUT2D eigenvalue weighted by atomic mass is 16.1. The molecule has 0 atom stereocenters. The maximum atomic E-state index is 13.0. The summed E-state index contributed by atoms with van der Waals surface area (Å²) >= 11 is 0. The SMILES string of the molecule is C=C(/C=N\N(CN)c1cc(C(=O)CC2CC2)ccc1C)C(=O)c1cccc(-c2cnccn2)c1. The molecule has 1 fully saturated rings. The van der Waals surface area contributed by atoms with E-state index in [0.717, 1.165) is 29.7 Å². The van der Waals surface area contributed by atoms with Gasteiger partial charge in [0.2, 0.25) is 0 Å². The van der Waals surface area contributed by atoms with Gasteiger partial charge in [-0.3, -0.25) is 24.6 Å². The minimum Gasteiger partial charge on any atom is -0.312 e. The van der Waals surface area contributed by atoms with Gasteiger partial charge in [0, 0.05) is 41.1 Å². The van der Waals surface area contributed by atoms with Crippen molar-refractivity contribution in [2.75, 3.05) is 11.7 Å². The van der Waals surface area contributed by atoms with Gasteiger partial charge < -0.3 is 5.73 Å². The quantitative estimate of drug-likeness (QED) is 0.158. The molecule has 1 heterocycles. The molecular weight excluding hydrogens is 426 g/mol. The van der Waals surface area contributed by atoms with E-state index in [1.165, 1.54) is 6.21 Å². The number of allylic oxidation sites excluding steroid dienone is 1. The van der Waals surface area contributed by atoms with Gasteiger partial charge in [0.15, 0.2) is 11.6 Å². The molecule has 1 saturated carbocycles. The minimum atomic E-state index is -0.253. The van der Waals surface area contributed by atoms with Crippen LogP contribution >= 0.6 is 0 Å². The first kappa shape index (κ1) is 23.2. The molecule has 7 heteroatoms. The van der Waals surface area contributed by atoms with Crippen molar-refractivity contribution in [2.24, 2.45) is 16.8 Å². The predicted octanol–water partition coefficient (Wildman–Crippen LogP) is 4.58. The van der Waals surface area contributed by atoms with Crippen molar-refractivity contribution in [3.05, 3.63) is 89.9 Å². The summed E-state index contributed by atoms with van der Waals surface area (Å²) in [6, 6.07) is 12.7. The Morgan fingerprint density at radius 2 is 2.00 bits per heavy atom. The zero-order valence-electron chi connectivity index (χ0n) is 19.1. The molecule has 3 aromatic rings. The van der Waals surface area contributed by atoms with Crippen LogP contribution in [0, 0.1) is 12.8 Å². The normalized spacial score (nSPS) is 13.1. The summed E-state index contributed by atoms with van der Waals surface area (Å²) in [5, 5.41) is 5.97. The largest absolute Gasteiger partial charge is 0.312 e. The van der Waals surface area contributed by atoms with Crippen molar-refractivity contribution < 1.29 is 9.59 Å². The van der Waals surface area contributed by atoms with Crippen molar-refractivity contribution in [1.29, 1.82) is 0 Å². The highest BCUT2D eigenvalue weighted by molar-refractivity contribution is 6.21. The van der Waals surface area contributed by atoms with Gasteiger partial charge >= 0.3 is 0 Å². The third-order valence-corrected chi connectivity index (χ3v) is 5.78. The monoisotopic (exact) mass is 453 g/mol. The number of ketones is 2. The maximum absolute atomic E-state index is 13.0. The molecule has 172 valence electrons. The van der Waals surface area contributed by atoms with Crippen LogP contribution in [0.4, 0.5) is 5.69 Å². The molecular formula is C27H27N5O2. The number of nitrogens with zero attached hydrogens (tertiary/aromatic N) is 4. The molecule has 4 rings (SSSR count). The summed E-state index contributed by atoms with van der Waals surface area (Å²) in [5.74, 6) is 0.395. The summed E-state index contributed by atoms with van der Waals surface area (Å²) < 4.78 is 0. The van der Waals surface area contributed by atoms with Crippen LogP contribution < -0.4 is 10.7 Å². The Kier molecular flexibility index (Phi) is 7.04. The summed E-state index contributed by atoms with van der Waals surface area (Å²) in [5.41, 5.74) is 10.4. The number of hydrazone groups is 1. The van der Waals surface area contributed by atoms with Crippen molar-refractivity contribution in [3.8, 4) is 11.3 Å². The summed E-state index contributed by atoms with van der Waals surface area (Å²) in [6.45, 7) is 5.91. The molecule has 0 radical (unpaired) electrons. The van der Waals surface area contributed by atoms with Crippen LogP contribution in [-0.2, 0) is 0 Å². The molecule has 1 aromatic heterocycles. The molecule has 2 N–H and O–H groups in total. The molecule has 2 aromatic carbocycles. The lowest BCUT2D eigenvalue weighted by molar-refractivity contribution is 0.0975. The van der Waals surface area contributed by atoms with E-state index in [0.29, 0.717) is 29.2 Å². The Bertz CT molecular complexity index is 1250. The molecule has 0 unspecified atom stereocenters. The Labute approximate surface area is 199 Å². The standard InChI is InChI=1S/C27H27N5O2/c1-18-6-9-22(26(33)12-20-7-8-20)14-25(18)32(17-28)31-15-19(2)27(34)23-5-3-4-21(13-23)24-16-29-10-11-30-24/h3-6,9-11,13-16,20H,2,7-8,12,17,28H2,1H3/b31-15-. The molecule has 0 aliphatic heterocycles. The number of benzene rings is 2. The zero-order valence-corrected chi connectivity index (χ0v) is 19.1. The van der Waals surface area contributed by atoms with Gasteiger partial charge in [0.25, 0.3) is 0 Å². The average Bonchev–Trinajstić information content (AvgIpc) is 3.69. The van der Waals surface area contributed by atoms with Crippen LogP contribution in [0.5, 0.6) is 0 Å². The molecule has 1 aliphatic carbocycles. The third kappa shape index (κ3) is 5.50. The van der Waals surface area contributed by atoms with Crippen LogP contribution in [0.1, 0.15) is 45.5 Å². The van der Waals surface area contributed by atoms with Gasteiger partial charge in [0.1, 0.15) is 0 Å². The van der Waals surface area contributed by atoms with E-state index < -0.39 is 0 Å². The molecule has 34 heavy (non-hydrogen) atoms. The lowest BCUT2D eigenvalue weighted by atomic mass is 10.0. The van der Waals surface area contributed by atoms with E-state index in [1.807, 2.05) is 31.2 Å². The van der Waals surface area contributed by atoms with Gasteiger partial charge in [0.05, 0.1) is 30.5 Å². The Morgan fingerprint density at radius 3 is 2.71 bits per heavy atom. The van der Waals surface area contributed by atoms with E-state index in [9.17, 15) is 9.59 Å². The number of carbonyl (C=O) groups is 2. The third-order valence-electron chi connectivity index (χ3n) is 5.78. The fraction of sp³-hybridized carbons (Fsp3) is 0.222. The van der Waals surface area contributed by atoms with Gasteiger partial charge in [-0.25, -0.2) is 0 Å². The Balaban J connectivity index is 1.50. The highest BCUT2D eigenvalue weighted by Gasteiger charge is 2.25.